The van der Waals surface area contributed by atoms with E-state index in [4.69, 9.17) is 33.4 Å². The molecule has 2 aromatic rings. The van der Waals surface area contributed by atoms with Gasteiger partial charge in [-0.25, -0.2) is 9.37 Å². The molecule has 0 spiro atoms. The molecule has 2 rings (SSSR count). The van der Waals surface area contributed by atoms with Gasteiger partial charge >= 0.3 is 0 Å². The Hall–Kier alpha value is -1.94. The van der Waals surface area contributed by atoms with Gasteiger partial charge in [0.25, 0.3) is 10.4 Å². The number of carbonyl (C=O) groups is 1. The second kappa shape index (κ2) is 10.8. The van der Waals surface area contributed by atoms with E-state index in [0.717, 1.165) is 0 Å². The third kappa shape index (κ3) is 9.20. The molecule has 1 aromatic carbocycles. The number of carbonyl (C=O) groups excluding carboxylic acids is 1. The first-order chi connectivity index (χ1) is 11.8. The number of benzene rings is 1. The summed E-state index contributed by atoms with van der Waals surface area (Å²) in [7, 11) is 0. The lowest BCUT2D eigenvalue weighted by atomic mass is 10.1. The van der Waals surface area contributed by atoms with Crippen molar-refractivity contribution in [3.05, 3.63) is 59.0 Å². The van der Waals surface area contributed by atoms with E-state index in [1.165, 1.54) is 30.5 Å². The zero-order chi connectivity index (χ0) is 18.8. The molecule has 0 saturated heterocycles. The topological polar surface area (TPSA) is 97.5 Å². The number of nitrogens with two attached hydrogens (primary N) is 1. The quantitative estimate of drug-likeness (QED) is 0.462. The summed E-state index contributed by atoms with van der Waals surface area (Å²) in [5.41, 5.74) is 4.88. The molecule has 1 atom stereocenters. The lowest BCUT2D eigenvalue weighted by Gasteiger charge is -2.13. The number of primary amides is 1. The Morgan fingerprint density at radius 3 is 2.52 bits per heavy atom. The molecule has 0 aliphatic carbocycles. The summed E-state index contributed by atoms with van der Waals surface area (Å²) in [5, 5.41) is 12.6. The van der Waals surface area contributed by atoms with Crippen LogP contribution in [0, 0.1) is 5.82 Å². The Balaban J connectivity index is 0.000000705. The summed E-state index contributed by atoms with van der Waals surface area (Å²) in [5.74, 6) is 0.124. The predicted octanol–water partition coefficient (Wildman–Crippen LogP) is 3.32. The number of anilines is 1. The number of rotatable bonds is 4. The molecule has 1 heterocycles. The second-order valence-electron chi connectivity index (χ2n) is 4.49. The first-order valence-electron chi connectivity index (χ1n) is 6.75. The average molecular weight is 404 g/mol. The van der Waals surface area contributed by atoms with Gasteiger partial charge in [-0.2, -0.15) is 0 Å². The lowest BCUT2D eigenvalue weighted by Crippen LogP contribution is -2.18. The first kappa shape index (κ1) is 21.1. The summed E-state index contributed by atoms with van der Waals surface area (Å²) in [6.07, 6.45) is 0.573. The minimum atomic E-state index is -0.900. The summed E-state index contributed by atoms with van der Waals surface area (Å²) in [6, 6.07) is 8.82. The number of aliphatic hydroxyl groups is 1. The molecule has 0 aliphatic rings. The highest BCUT2D eigenvalue weighted by Crippen LogP contribution is 2.14. The van der Waals surface area contributed by atoms with Crippen molar-refractivity contribution in [1.29, 1.82) is 0 Å². The Kier molecular flexibility index (Phi) is 9.14. The number of thiol groups is 1. The number of nitrogens with one attached hydrogen (secondary N) is 1. The number of nitrogens with zero attached hydrogens (tertiary/aromatic N) is 1. The van der Waals surface area contributed by atoms with E-state index in [2.05, 4.69) is 28.7 Å². The van der Waals surface area contributed by atoms with Crippen LogP contribution >= 0.6 is 36.4 Å². The van der Waals surface area contributed by atoms with Crippen LogP contribution < -0.4 is 11.1 Å². The molecule has 0 fully saturated rings. The molecule has 134 valence electrons. The highest BCUT2D eigenvalue weighted by atomic mass is 35.5. The molecule has 1 aromatic heterocycles. The van der Waals surface area contributed by atoms with Crippen molar-refractivity contribution in [2.75, 3.05) is 11.9 Å². The third-order valence-corrected chi connectivity index (χ3v) is 3.03. The molecular weight excluding hydrogens is 389 g/mol. The summed E-state index contributed by atoms with van der Waals surface area (Å²) in [6.45, 7) is -0.0505. The van der Waals surface area contributed by atoms with Crippen molar-refractivity contribution in [3.63, 3.8) is 0 Å². The van der Waals surface area contributed by atoms with Crippen molar-refractivity contribution in [3.8, 4) is 0 Å². The predicted molar refractivity (Wildman–Crippen MR) is 101 cm³/mol. The van der Waals surface area contributed by atoms with E-state index < -0.39 is 11.3 Å². The Bertz CT molecular complexity index is 698. The molecule has 0 radical (unpaired) electrons. The Morgan fingerprint density at radius 2 is 2.00 bits per heavy atom. The molecular formula is C15H15ClFN3O3S2. The maximum absolute atomic E-state index is 12.8. The molecule has 6 nitrogen and oxygen atoms in total. The number of hydrogen-bond donors (Lipinski definition) is 4. The van der Waals surface area contributed by atoms with Gasteiger partial charge in [0.2, 0.25) is 0 Å². The third-order valence-electron chi connectivity index (χ3n) is 2.58. The zero-order valence-electron chi connectivity index (χ0n) is 12.7. The fourth-order valence-corrected chi connectivity index (χ4v) is 1.81. The van der Waals surface area contributed by atoms with Crippen LogP contribution in [0.1, 0.15) is 11.7 Å². The number of aliphatic hydroxyl groups excluding tert-OH is 1. The van der Waals surface area contributed by atoms with E-state index in [0.29, 0.717) is 16.4 Å². The highest BCUT2D eigenvalue weighted by Gasteiger charge is 2.10. The molecule has 0 aliphatic heterocycles. The van der Waals surface area contributed by atoms with Crippen molar-refractivity contribution in [1.82, 2.24) is 4.98 Å². The molecule has 25 heavy (non-hydrogen) atoms. The fraction of sp³-hybridized carbons (Fsp3) is 0.133. The number of thiocarbonyl (C=S) groups is 1. The number of amides is 1. The number of ether oxygens (including phenoxy) is 1. The van der Waals surface area contributed by atoms with Gasteiger partial charge in [-0.3, -0.25) is 4.79 Å². The number of hydrogen-bond acceptors (Lipinski definition) is 5. The lowest BCUT2D eigenvalue weighted by molar-refractivity contribution is 0.104. The Morgan fingerprint density at radius 1 is 1.40 bits per heavy atom. The van der Waals surface area contributed by atoms with E-state index in [-0.39, 0.29) is 17.6 Å². The van der Waals surface area contributed by atoms with E-state index in [9.17, 15) is 9.50 Å². The van der Waals surface area contributed by atoms with Crippen LogP contribution in [0.5, 0.6) is 0 Å². The van der Waals surface area contributed by atoms with E-state index >= 15 is 0 Å². The van der Waals surface area contributed by atoms with Crippen molar-refractivity contribution >= 4 is 52.7 Å². The van der Waals surface area contributed by atoms with Gasteiger partial charge in [-0.15, -0.1) is 0 Å². The van der Waals surface area contributed by atoms with Crippen LogP contribution in [0.3, 0.4) is 0 Å². The minimum Gasteiger partial charge on any atom is -0.468 e. The van der Waals surface area contributed by atoms with Gasteiger partial charge in [0.1, 0.15) is 24.3 Å². The fourth-order valence-electron chi connectivity index (χ4n) is 1.53. The van der Waals surface area contributed by atoms with Crippen LogP contribution in [-0.2, 0) is 4.74 Å². The second-order valence-corrected chi connectivity index (χ2v) is 5.74. The van der Waals surface area contributed by atoms with Crippen LogP contribution in [0.25, 0.3) is 0 Å². The van der Waals surface area contributed by atoms with Gasteiger partial charge in [-0.05, 0) is 42.0 Å². The van der Waals surface area contributed by atoms with E-state index in [1.54, 1.807) is 12.1 Å². The summed E-state index contributed by atoms with van der Waals surface area (Å²) >= 11 is 13.8. The standard InChI is InChI=1S/C14H12ClFN2O2S.CH3NOS/c15-10-3-6-13(17-7-10)18-14(21)20-8-12(19)9-1-4-11(16)5-2-9;2-1(3)4/h1-7,12,19H,8H2,(H,17,18,21);(H3,2,3,4). The van der Waals surface area contributed by atoms with Crippen molar-refractivity contribution < 1.29 is 19.0 Å². The SMILES string of the molecule is NC(=O)S.OC(COC(=S)Nc1ccc(Cl)cn1)c1ccc(F)cc1. The van der Waals surface area contributed by atoms with Crippen LogP contribution in [-0.4, -0.2) is 27.1 Å². The Labute approximate surface area is 159 Å². The maximum Gasteiger partial charge on any atom is 0.273 e. The van der Waals surface area contributed by atoms with Gasteiger partial charge < -0.3 is 20.9 Å². The molecule has 1 unspecified atom stereocenters. The number of aromatic nitrogens is 1. The van der Waals surface area contributed by atoms with Gasteiger partial charge in [0.15, 0.2) is 0 Å². The summed E-state index contributed by atoms with van der Waals surface area (Å²) in [4.78, 5) is 13.1. The summed E-state index contributed by atoms with van der Waals surface area (Å²) < 4.78 is 18.0. The zero-order valence-corrected chi connectivity index (χ0v) is 15.2. The number of halogens is 2. The molecule has 0 bridgehead atoms. The van der Waals surface area contributed by atoms with Crippen LogP contribution in [0.4, 0.5) is 15.0 Å². The minimum absolute atomic E-state index is 0.0505. The molecule has 1 amide bonds. The van der Waals surface area contributed by atoms with Crippen LogP contribution in [0.15, 0.2) is 42.6 Å². The highest BCUT2D eigenvalue weighted by molar-refractivity contribution is 7.96. The van der Waals surface area contributed by atoms with Gasteiger partial charge in [-0.1, -0.05) is 36.4 Å². The largest absolute Gasteiger partial charge is 0.468 e. The molecule has 4 N–H and O–H groups in total. The van der Waals surface area contributed by atoms with Crippen LogP contribution in [0.2, 0.25) is 5.02 Å². The van der Waals surface area contributed by atoms with Crippen molar-refractivity contribution in [2.24, 2.45) is 5.73 Å². The van der Waals surface area contributed by atoms with Gasteiger partial charge in [0.05, 0.1) is 5.02 Å². The smallest absolute Gasteiger partial charge is 0.273 e. The van der Waals surface area contributed by atoms with Crippen molar-refractivity contribution in [2.45, 2.75) is 6.10 Å². The first-order valence-corrected chi connectivity index (χ1v) is 7.98. The normalized spacial score (nSPS) is 10.9. The maximum atomic E-state index is 12.8. The average Bonchev–Trinajstić information content (AvgIpc) is 2.55. The molecule has 10 heteroatoms. The van der Waals surface area contributed by atoms with E-state index in [1.807, 2.05) is 0 Å². The number of pyridine rings is 1. The van der Waals surface area contributed by atoms with Gasteiger partial charge in [0, 0.05) is 6.20 Å². The monoisotopic (exact) mass is 403 g/mol. The molecule has 0 saturated carbocycles.